The Hall–Kier alpha value is -2.57. The monoisotopic (exact) mass is 476 g/mol. The first kappa shape index (κ1) is 24.6. The summed E-state index contributed by atoms with van der Waals surface area (Å²) in [6, 6.07) is 15.0. The molecule has 6 heteroatoms. The Morgan fingerprint density at radius 3 is 2.50 bits per heavy atom. The molecule has 2 aliphatic rings. The molecule has 1 saturated heterocycles. The topological polar surface area (TPSA) is 61.9 Å². The molecule has 0 atom stereocenters. The number of carbonyl (C=O) groups excluding carboxylic acids is 1. The third-order valence-corrected chi connectivity index (χ3v) is 7.35. The standard InChI is InChI=1S/C28H36N4OS/c1-3-13-31(14-4-2)28(33)24-17-23-12-11-22(19-26(23)30-27(29)20-24)21-9-8-10-25(18-21)34-32-15-6-5-7-16-32/h8-12,17-19H,3-7,13-16,20H2,1-2H3,(H2,29,30). The summed E-state index contributed by atoms with van der Waals surface area (Å²) >= 11 is 1.85. The highest BCUT2D eigenvalue weighted by molar-refractivity contribution is 7.97. The van der Waals surface area contributed by atoms with Gasteiger partial charge in [0.25, 0.3) is 0 Å². The van der Waals surface area contributed by atoms with Crippen LogP contribution in [0.5, 0.6) is 0 Å². The van der Waals surface area contributed by atoms with E-state index in [1.54, 1.807) is 0 Å². The van der Waals surface area contributed by atoms with Gasteiger partial charge in [0.1, 0.15) is 5.84 Å². The van der Waals surface area contributed by atoms with Gasteiger partial charge in [-0.3, -0.25) is 4.79 Å². The van der Waals surface area contributed by atoms with E-state index in [0.29, 0.717) is 12.3 Å². The number of piperidine rings is 1. The third kappa shape index (κ3) is 6.10. The molecule has 2 N–H and O–H groups in total. The van der Waals surface area contributed by atoms with Crippen molar-refractivity contribution in [1.29, 1.82) is 0 Å². The largest absolute Gasteiger partial charge is 0.387 e. The Morgan fingerprint density at radius 2 is 1.76 bits per heavy atom. The molecule has 2 heterocycles. The average Bonchev–Trinajstić information content (AvgIpc) is 3.01. The Bertz CT molecular complexity index is 1070. The van der Waals surface area contributed by atoms with Gasteiger partial charge in [-0.15, -0.1) is 0 Å². The summed E-state index contributed by atoms with van der Waals surface area (Å²) in [5.74, 6) is 0.555. The van der Waals surface area contributed by atoms with Gasteiger partial charge in [-0.1, -0.05) is 44.5 Å². The smallest absolute Gasteiger partial charge is 0.250 e. The van der Waals surface area contributed by atoms with Crippen molar-refractivity contribution in [1.82, 2.24) is 9.21 Å². The second kappa shape index (κ2) is 11.7. The van der Waals surface area contributed by atoms with Crippen LogP contribution < -0.4 is 5.73 Å². The summed E-state index contributed by atoms with van der Waals surface area (Å²) in [4.78, 5) is 21.1. The van der Waals surface area contributed by atoms with Gasteiger partial charge in [0.2, 0.25) is 5.91 Å². The van der Waals surface area contributed by atoms with Gasteiger partial charge in [-0.2, -0.15) is 0 Å². The Balaban J connectivity index is 1.59. The van der Waals surface area contributed by atoms with Gasteiger partial charge in [0, 0.05) is 48.6 Å². The zero-order chi connectivity index (χ0) is 23.9. The molecule has 2 aromatic rings. The molecule has 0 unspecified atom stereocenters. The molecule has 1 amide bonds. The molecule has 34 heavy (non-hydrogen) atoms. The molecule has 0 radical (unpaired) electrons. The molecule has 5 nitrogen and oxygen atoms in total. The minimum atomic E-state index is 0.0706. The number of nitrogens with zero attached hydrogens (tertiary/aromatic N) is 3. The maximum Gasteiger partial charge on any atom is 0.250 e. The molecule has 0 bridgehead atoms. The average molecular weight is 477 g/mol. The van der Waals surface area contributed by atoms with Crippen LogP contribution in [-0.4, -0.2) is 47.1 Å². The molecule has 1 fully saturated rings. The van der Waals surface area contributed by atoms with Crippen molar-refractivity contribution in [3.8, 4) is 11.1 Å². The van der Waals surface area contributed by atoms with E-state index < -0.39 is 0 Å². The first-order valence-electron chi connectivity index (χ1n) is 12.6. The summed E-state index contributed by atoms with van der Waals surface area (Å²) in [6.45, 7) is 8.04. The molecule has 0 aromatic heterocycles. The summed E-state index contributed by atoms with van der Waals surface area (Å²) in [5.41, 5.74) is 11.0. The van der Waals surface area contributed by atoms with Crippen molar-refractivity contribution in [2.75, 3.05) is 26.2 Å². The van der Waals surface area contributed by atoms with Crippen LogP contribution in [0.1, 0.15) is 57.9 Å². The lowest BCUT2D eigenvalue weighted by Crippen LogP contribution is -2.34. The van der Waals surface area contributed by atoms with E-state index in [-0.39, 0.29) is 5.91 Å². The zero-order valence-electron chi connectivity index (χ0n) is 20.4. The second-order valence-corrected chi connectivity index (χ2v) is 10.3. The summed E-state index contributed by atoms with van der Waals surface area (Å²) in [6.07, 6.45) is 8.15. The van der Waals surface area contributed by atoms with Crippen LogP contribution in [-0.2, 0) is 4.79 Å². The van der Waals surface area contributed by atoms with Crippen LogP contribution in [0.25, 0.3) is 17.2 Å². The van der Waals surface area contributed by atoms with E-state index in [0.717, 1.165) is 61.4 Å². The van der Waals surface area contributed by atoms with Crippen molar-refractivity contribution < 1.29 is 4.79 Å². The van der Waals surface area contributed by atoms with Crippen molar-refractivity contribution in [3.63, 3.8) is 0 Å². The minimum Gasteiger partial charge on any atom is -0.387 e. The maximum atomic E-state index is 13.2. The van der Waals surface area contributed by atoms with E-state index in [4.69, 9.17) is 5.73 Å². The van der Waals surface area contributed by atoms with Gasteiger partial charge in [-0.05, 0) is 73.0 Å². The molecule has 0 saturated carbocycles. The number of nitrogens with two attached hydrogens (primary N) is 1. The van der Waals surface area contributed by atoms with Gasteiger partial charge in [0.15, 0.2) is 0 Å². The molecular weight excluding hydrogens is 440 g/mol. The number of carbonyl (C=O) groups is 1. The zero-order valence-corrected chi connectivity index (χ0v) is 21.2. The third-order valence-electron chi connectivity index (χ3n) is 6.26. The predicted octanol–water partition coefficient (Wildman–Crippen LogP) is 6.27. The molecule has 0 spiro atoms. The van der Waals surface area contributed by atoms with Crippen LogP contribution in [0.3, 0.4) is 0 Å². The normalized spacial score (nSPS) is 16.3. The molecule has 2 aromatic carbocycles. The number of hydrogen-bond donors (Lipinski definition) is 1. The van der Waals surface area contributed by atoms with Crippen LogP contribution in [0, 0.1) is 0 Å². The molecule has 2 aliphatic heterocycles. The minimum absolute atomic E-state index is 0.0706. The van der Waals surface area contributed by atoms with E-state index >= 15 is 0 Å². The van der Waals surface area contributed by atoms with Crippen LogP contribution in [0.15, 0.2) is 57.9 Å². The fraction of sp³-hybridized carbons (Fsp3) is 0.429. The number of hydrogen-bond acceptors (Lipinski definition) is 5. The van der Waals surface area contributed by atoms with Gasteiger partial charge in [0.05, 0.1) is 5.69 Å². The first-order chi connectivity index (χ1) is 16.6. The summed E-state index contributed by atoms with van der Waals surface area (Å²) in [7, 11) is 0. The number of aliphatic imine (C=N–C) groups is 1. The second-order valence-electron chi connectivity index (χ2n) is 9.12. The van der Waals surface area contributed by atoms with Gasteiger partial charge in [-0.25, -0.2) is 9.30 Å². The van der Waals surface area contributed by atoms with E-state index in [1.165, 1.54) is 29.7 Å². The first-order valence-corrected chi connectivity index (χ1v) is 13.3. The number of rotatable bonds is 8. The molecule has 0 aliphatic carbocycles. The highest BCUT2D eigenvalue weighted by Crippen LogP contribution is 2.34. The highest BCUT2D eigenvalue weighted by atomic mass is 32.2. The van der Waals surface area contributed by atoms with Gasteiger partial charge >= 0.3 is 0 Å². The van der Waals surface area contributed by atoms with Crippen molar-refractivity contribution in [3.05, 3.63) is 53.6 Å². The van der Waals surface area contributed by atoms with Crippen LogP contribution in [0.4, 0.5) is 5.69 Å². The van der Waals surface area contributed by atoms with Gasteiger partial charge < -0.3 is 10.6 Å². The lowest BCUT2D eigenvalue weighted by atomic mass is 10.0. The van der Waals surface area contributed by atoms with E-state index in [9.17, 15) is 4.79 Å². The number of amidine groups is 1. The Morgan fingerprint density at radius 1 is 1.03 bits per heavy atom. The molecule has 4 rings (SSSR count). The Labute approximate surface area is 208 Å². The predicted molar refractivity (Wildman–Crippen MR) is 144 cm³/mol. The molecular formula is C28H36N4OS. The highest BCUT2D eigenvalue weighted by Gasteiger charge is 2.21. The lowest BCUT2D eigenvalue weighted by molar-refractivity contribution is -0.127. The van der Waals surface area contributed by atoms with E-state index in [2.05, 4.69) is 65.6 Å². The summed E-state index contributed by atoms with van der Waals surface area (Å²) < 4.78 is 2.47. The Kier molecular flexibility index (Phi) is 8.46. The van der Waals surface area contributed by atoms with Crippen molar-refractivity contribution >= 4 is 35.5 Å². The number of benzene rings is 2. The van der Waals surface area contributed by atoms with E-state index in [1.807, 2.05) is 22.9 Å². The quantitative estimate of drug-likeness (QED) is 0.456. The van der Waals surface area contributed by atoms with Crippen LogP contribution in [0.2, 0.25) is 0 Å². The fourth-order valence-corrected chi connectivity index (χ4v) is 5.66. The maximum absolute atomic E-state index is 13.2. The lowest BCUT2D eigenvalue weighted by Gasteiger charge is -2.25. The summed E-state index contributed by atoms with van der Waals surface area (Å²) in [5, 5.41) is 0. The van der Waals surface area contributed by atoms with Crippen LogP contribution >= 0.6 is 11.9 Å². The number of fused-ring (bicyclic) bond motifs is 1. The van der Waals surface area contributed by atoms with Crippen molar-refractivity contribution in [2.24, 2.45) is 10.7 Å². The SMILES string of the molecule is CCCN(CCC)C(=O)C1=Cc2ccc(-c3cccc(SN4CCCCC4)c3)cc2N=C(N)C1. The number of amides is 1. The fourth-order valence-electron chi connectivity index (χ4n) is 4.60. The molecule has 180 valence electrons. The van der Waals surface area contributed by atoms with Crippen molar-refractivity contribution in [2.45, 2.75) is 57.3 Å².